The third-order valence-corrected chi connectivity index (χ3v) is 2.31. The number of carbonyl (C=O) groups is 1. The maximum absolute atomic E-state index is 13.0. The van der Waals surface area contributed by atoms with Gasteiger partial charge < -0.3 is 4.74 Å². The molecule has 0 radical (unpaired) electrons. The summed E-state index contributed by atoms with van der Waals surface area (Å²) in [6.45, 7) is 0. The molecule has 0 amide bonds. The summed E-state index contributed by atoms with van der Waals surface area (Å²) in [5, 5.41) is 0. The van der Waals surface area contributed by atoms with Gasteiger partial charge in [0.05, 0.1) is 17.1 Å². The molecule has 0 aliphatic rings. The number of ether oxygens (including phenoxy) is 1. The van der Waals surface area contributed by atoms with E-state index in [1.54, 1.807) is 0 Å². The maximum Gasteiger partial charge on any atom is 0.300 e. The summed E-state index contributed by atoms with van der Waals surface area (Å²) in [5.41, 5.74) is -0.347. The number of carbonyl (C=O) groups excluding carboxylic acids is 1. The van der Waals surface area contributed by atoms with E-state index in [2.05, 4.69) is 20.7 Å². The summed E-state index contributed by atoms with van der Waals surface area (Å²) in [6, 6.07) is 1.85. The van der Waals surface area contributed by atoms with Crippen LogP contribution >= 0.6 is 15.9 Å². The Morgan fingerprint density at radius 2 is 2.07 bits per heavy atom. The van der Waals surface area contributed by atoms with Crippen molar-refractivity contribution in [3.63, 3.8) is 0 Å². The van der Waals surface area contributed by atoms with E-state index in [4.69, 9.17) is 0 Å². The number of alkyl halides is 2. The zero-order chi connectivity index (χ0) is 11.6. The number of methoxy groups -OCH3 is 1. The number of halogens is 4. The van der Waals surface area contributed by atoms with Crippen LogP contribution in [0.1, 0.15) is 10.4 Å². The van der Waals surface area contributed by atoms with Crippen molar-refractivity contribution in [3.8, 4) is 5.75 Å². The fourth-order valence-electron chi connectivity index (χ4n) is 1.01. The van der Waals surface area contributed by atoms with Crippen molar-refractivity contribution in [2.45, 2.75) is 6.43 Å². The lowest BCUT2D eigenvalue weighted by molar-refractivity contribution is 0.0675. The SMILES string of the molecule is COc1cc(F)c(Br)cc1C(=O)C(F)F. The molecule has 1 aromatic carbocycles. The van der Waals surface area contributed by atoms with E-state index < -0.39 is 18.0 Å². The lowest BCUT2D eigenvalue weighted by Crippen LogP contribution is -2.12. The molecule has 0 saturated carbocycles. The minimum Gasteiger partial charge on any atom is -0.496 e. The first-order chi connectivity index (χ1) is 6.97. The Morgan fingerprint density at radius 3 is 2.53 bits per heavy atom. The zero-order valence-electron chi connectivity index (χ0n) is 7.56. The number of ketones is 1. The lowest BCUT2D eigenvalue weighted by Gasteiger charge is -2.08. The fraction of sp³-hybridized carbons (Fsp3) is 0.222. The van der Waals surface area contributed by atoms with Crippen molar-refractivity contribution in [2.24, 2.45) is 0 Å². The first-order valence-electron chi connectivity index (χ1n) is 3.82. The molecule has 0 atom stereocenters. The molecule has 0 aliphatic heterocycles. The van der Waals surface area contributed by atoms with Crippen LogP contribution in [0.15, 0.2) is 16.6 Å². The van der Waals surface area contributed by atoms with Gasteiger partial charge >= 0.3 is 6.43 Å². The summed E-state index contributed by atoms with van der Waals surface area (Å²) in [5.74, 6) is -2.29. The van der Waals surface area contributed by atoms with Crippen LogP contribution in [0.25, 0.3) is 0 Å². The molecule has 0 aromatic heterocycles. The third kappa shape index (κ3) is 2.50. The van der Waals surface area contributed by atoms with Crippen molar-refractivity contribution in [3.05, 3.63) is 28.0 Å². The molecule has 0 spiro atoms. The van der Waals surface area contributed by atoms with Crippen LogP contribution in [-0.4, -0.2) is 19.3 Å². The Kier molecular flexibility index (Phi) is 3.73. The van der Waals surface area contributed by atoms with Crippen LogP contribution in [0.4, 0.5) is 13.2 Å². The van der Waals surface area contributed by atoms with Crippen molar-refractivity contribution >= 4 is 21.7 Å². The highest BCUT2D eigenvalue weighted by molar-refractivity contribution is 9.10. The molecular weight excluding hydrogens is 277 g/mol. The summed E-state index contributed by atoms with van der Waals surface area (Å²) in [6.07, 6.45) is -3.14. The number of benzene rings is 1. The predicted octanol–water partition coefficient (Wildman–Crippen LogP) is 3.04. The van der Waals surface area contributed by atoms with Crippen LogP contribution in [0.2, 0.25) is 0 Å². The van der Waals surface area contributed by atoms with E-state index in [0.29, 0.717) is 0 Å². The van der Waals surface area contributed by atoms with Gasteiger partial charge in [0.1, 0.15) is 11.6 Å². The standard InChI is InChI=1S/C9H6BrF3O2/c1-15-7-3-6(11)5(10)2-4(7)8(14)9(12)13/h2-3,9H,1H3. The van der Waals surface area contributed by atoms with Gasteiger partial charge in [0, 0.05) is 6.07 Å². The van der Waals surface area contributed by atoms with Crippen LogP contribution in [0, 0.1) is 5.82 Å². The molecule has 0 fully saturated rings. The van der Waals surface area contributed by atoms with Crippen LogP contribution in [-0.2, 0) is 0 Å². The molecule has 0 heterocycles. The zero-order valence-corrected chi connectivity index (χ0v) is 9.15. The van der Waals surface area contributed by atoms with Gasteiger partial charge in [0.25, 0.3) is 0 Å². The molecular formula is C9H6BrF3O2. The monoisotopic (exact) mass is 282 g/mol. The second-order valence-electron chi connectivity index (χ2n) is 2.63. The molecule has 0 aliphatic carbocycles. The summed E-state index contributed by atoms with van der Waals surface area (Å²) in [4.78, 5) is 11.0. The second kappa shape index (κ2) is 4.65. The van der Waals surface area contributed by atoms with E-state index in [9.17, 15) is 18.0 Å². The minimum absolute atomic E-state index is 0.0627. The van der Waals surface area contributed by atoms with Crippen molar-refractivity contribution in [1.29, 1.82) is 0 Å². The van der Waals surface area contributed by atoms with Gasteiger partial charge in [0.2, 0.25) is 5.78 Å². The molecule has 82 valence electrons. The molecule has 2 nitrogen and oxygen atoms in total. The molecule has 0 unspecified atom stereocenters. The Bertz CT molecular complexity index is 393. The predicted molar refractivity (Wildman–Crippen MR) is 51.0 cm³/mol. The molecule has 0 saturated heterocycles. The molecule has 0 N–H and O–H groups in total. The fourth-order valence-corrected chi connectivity index (χ4v) is 1.35. The Balaban J connectivity index is 3.27. The normalized spacial score (nSPS) is 10.5. The van der Waals surface area contributed by atoms with Crippen LogP contribution in [0.3, 0.4) is 0 Å². The number of rotatable bonds is 3. The van der Waals surface area contributed by atoms with Crippen molar-refractivity contribution < 1.29 is 22.7 Å². The van der Waals surface area contributed by atoms with Gasteiger partial charge in [-0.2, -0.15) is 0 Å². The molecule has 1 aromatic rings. The van der Waals surface area contributed by atoms with E-state index in [1.807, 2.05) is 0 Å². The lowest BCUT2D eigenvalue weighted by atomic mass is 10.1. The smallest absolute Gasteiger partial charge is 0.300 e. The van der Waals surface area contributed by atoms with Crippen LogP contribution < -0.4 is 4.74 Å². The first-order valence-corrected chi connectivity index (χ1v) is 4.62. The largest absolute Gasteiger partial charge is 0.496 e. The quantitative estimate of drug-likeness (QED) is 0.797. The highest BCUT2D eigenvalue weighted by Crippen LogP contribution is 2.27. The Morgan fingerprint density at radius 1 is 1.47 bits per heavy atom. The number of hydrogen-bond donors (Lipinski definition) is 0. The highest BCUT2D eigenvalue weighted by atomic mass is 79.9. The van der Waals surface area contributed by atoms with E-state index in [0.717, 1.165) is 12.1 Å². The van der Waals surface area contributed by atoms with Crippen molar-refractivity contribution in [2.75, 3.05) is 7.11 Å². The van der Waals surface area contributed by atoms with Crippen molar-refractivity contribution in [1.82, 2.24) is 0 Å². The van der Waals surface area contributed by atoms with Gasteiger partial charge in [0.15, 0.2) is 0 Å². The van der Waals surface area contributed by atoms with Gasteiger partial charge in [-0.25, -0.2) is 13.2 Å². The number of Topliss-reactive ketones (excluding diaryl/α,β-unsaturated/α-hetero) is 1. The average molecular weight is 283 g/mol. The van der Waals surface area contributed by atoms with E-state index >= 15 is 0 Å². The topological polar surface area (TPSA) is 26.3 Å². The summed E-state index contributed by atoms with van der Waals surface area (Å²) >= 11 is 2.80. The third-order valence-electron chi connectivity index (χ3n) is 1.71. The molecule has 15 heavy (non-hydrogen) atoms. The maximum atomic E-state index is 13.0. The average Bonchev–Trinajstić information content (AvgIpc) is 2.20. The molecule has 0 bridgehead atoms. The van der Waals surface area contributed by atoms with Gasteiger partial charge in [-0.1, -0.05) is 0 Å². The minimum atomic E-state index is -3.14. The number of hydrogen-bond acceptors (Lipinski definition) is 2. The first kappa shape index (κ1) is 12.0. The Labute approximate surface area is 92.2 Å². The van der Waals surface area contributed by atoms with Gasteiger partial charge in [-0.15, -0.1) is 0 Å². The summed E-state index contributed by atoms with van der Waals surface area (Å²) in [7, 11) is 1.17. The Hall–Kier alpha value is -1.04. The van der Waals surface area contributed by atoms with Crippen LogP contribution in [0.5, 0.6) is 5.75 Å². The second-order valence-corrected chi connectivity index (χ2v) is 3.49. The summed E-state index contributed by atoms with van der Waals surface area (Å²) < 4.78 is 41.9. The van der Waals surface area contributed by atoms with E-state index in [1.165, 1.54) is 7.11 Å². The van der Waals surface area contributed by atoms with Gasteiger partial charge in [-0.3, -0.25) is 4.79 Å². The van der Waals surface area contributed by atoms with Gasteiger partial charge in [-0.05, 0) is 22.0 Å². The highest BCUT2D eigenvalue weighted by Gasteiger charge is 2.23. The van der Waals surface area contributed by atoms with E-state index in [-0.39, 0.29) is 15.8 Å². The molecule has 1 rings (SSSR count). The molecule has 6 heteroatoms.